The summed E-state index contributed by atoms with van der Waals surface area (Å²) in [5.41, 5.74) is 0. The van der Waals surface area contributed by atoms with Crippen molar-refractivity contribution < 1.29 is 9.59 Å². The second kappa shape index (κ2) is 7.27. The predicted molar refractivity (Wildman–Crippen MR) is 66.5 cm³/mol. The summed E-state index contributed by atoms with van der Waals surface area (Å²) in [5, 5.41) is 5.48. The van der Waals surface area contributed by atoms with Gasteiger partial charge in [-0.1, -0.05) is 0 Å². The Morgan fingerprint density at radius 3 is 2.35 bits per heavy atom. The summed E-state index contributed by atoms with van der Waals surface area (Å²) in [6.07, 6.45) is 2.83. The first-order chi connectivity index (χ1) is 8.08. The molecule has 2 amide bonds. The average Bonchev–Trinajstić information content (AvgIpc) is 2.27. The summed E-state index contributed by atoms with van der Waals surface area (Å²) in [4.78, 5) is 24.5. The molecular formula is C12H23N3O2. The van der Waals surface area contributed by atoms with Crippen LogP contribution in [0.15, 0.2) is 0 Å². The van der Waals surface area contributed by atoms with Crippen LogP contribution in [0.2, 0.25) is 0 Å². The topological polar surface area (TPSA) is 61.4 Å². The SMILES string of the molecule is CC(=O)NCCNC(=O)CC1CCN(C)CC1. The molecule has 1 aliphatic heterocycles. The number of nitrogens with zero attached hydrogens (tertiary/aromatic N) is 1. The van der Waals surface area contributed by atoms with Crippen LogP contribution in [-0.2, 0) is 9.59 Å². The van der Waals surface area contributed by atoms with E-state index >= 15 is 0 Å². The van der Waals surface area contributed by atoms with Crippen LogP contribution in [0.4, 0.5) is 0 Å². The van der Waals surface area contributed by atoms with Crippen LogP contribution in [-0.4, -0.2) is 49.9 Å². The molecule has 1 fully saturated rings. The van der Waals surface area contributed by atoms with Crippen LogP contribution in [0.1, 0.15) is 26.2 Å². The first-order valence-corrected chi connectivity index (χ1v) is 6.27. The molecule has 0 spiro atoms. The highest BCUT2D eigenvalue weighted by molar-refractivity contribution is 5.76. The van der Waals surface area contributed by atoms with Gasteiger partial charge in [-0.2, -0.15) is 0 Å². The van der Waals surface area contributed by atoms with E-state index in [0.717, 1.165) is 25.9 Å². The lowest BCUT2D eigenvalue weighted by Crippen LogP contribution is -2.36. The zero-order valence-electron chi connectivity index (χ0n) is 10.8. The number of likely N-dealkylation sites (tertiary alicyclic amines) is 1. The van der Waals surface area contributed by atoms with E-state index in [-0.39, 0.29) is 11.8 Å². The lowest BCUT2D eigenvalue weighted by molar-refractivity contribution is -0.123. The van der Waals surface area contributed by atoms with Crippen LogP contribution in [0.5, 0.6) is 0 Å². The molecule has 1 aliphatic rings. The molecule has 98 valence electrons. The number of carbonyl (C=O) groups excluding carboxylic acids is 2. The minimum Gasteiger partial charge on any atom is -0.355 e. The minimum absolute atomic E-state index is 0.0606. The maximum Gasteiger partial charge on any atom is 0.220 e. The number of hydrogen-bond acceptors (Lipinski definition) is 3. The van der Waals surface area contributed by atoms with Crippen molar-refractivity contribution in [3.05, 3.63) is 0 Å². The zero-order chi connectivity index (χ0) is 12.7. The summed E-state index contributed by atoms with van der Waals surface area (Å²) in [6, 6.07) is 0. The van der Waals surface area contributed by atoms with Crippen LogP contribution in [0.25, 0.3) is 0 Å². The fourth-order valence-electron chi connectivity index (χ4n) is 2.04. The summed E-state index contributed by atoms with van der Waals surface area (Å²) in [6.45, 7) is 4.67. The van der Waals surface area contributed by atoms with Gasteiger partial charge >= 0.3 is 0 Å². The largest absolute Gasteiger partial charge is 0.355 e. The van der Waals surface area contributed by atoms with Gasteiger partial charge in [0.05, 0.1) is 0 Å². The second-order valence-corrected chi connectivity index (χ2v) is 4.78. The molecule has 1 rings (SSSR count). The van der Waals surface area contributed by atoms with Crippen molar-refractivity contribution in [2.45, 2.75) is 26.2 Å². The standard InChI is InChI=1S/C12H23N3O2/c1-10(16)13-5-6-14-12(17)9-11-3-7-15(2)8-4-11/h11H,3-9H2,1-2H3,(H,13,16)(H,14,17). The third-order valence-electron chi connectivity index (χ3n) is 3.13. The van der Waals surface area contributed by atoms with Gasteiger partial charge < -0.3 is 15.5 Å². The molecule has 1 saturated heterocycles. The molecule has 17 heavy (non-hydrogen) atoms. The maximum atomic E-state index is 11.6. The quantitative estimate of drug-likeness (QED) is 0.665. The van der Waals surface area contributed by atoms with Crippen molar-refractivity contribution in [3.63, 3.8) is 0 Å². The third kappa shape index (κ3) is 6.26. The van der Waals surface area contributed by atoms with Gasteiger partial charge in [-0.3, -0.25) is 9.59 Å². The van der Waals surface area contributed by atoms with Gasteiger partial charge in [-0.25, -0.2) is 0 Å². The Morgan fingerprint density at radius 2 is 1.76 bits per heavy atom. The Morgan fingerprint density at radius 1 is 1.18 bits per heavy atom. The van der Waals surface area contributed by atoms with Crippen LogP contribution in [0, 0.1) is 5.92 Å². The number of piperidine rings is 1. The average molecular weight is 241 g/mol. The van der Waals surface area contributed by atoms with Crippen LogP contribution in [0.3, 0.4) is 0 Å². The van der Waals surface area contributed by atoms with Gasteiger partial charge in [0.1, 0.15) is 0 Å². The van der Waals surface area contributed by atoms with Crippen molar-refractivity contribution >= 4 is 11.8 Å². The molecule has 0 saturated carbocycles. The molecule has 5 heteroatoms. The molecule has 0 unspecified atom stereocenters. The molecule has 0 aromatic carbocycles. The van der Waals surface area contributed by atoms with Crippen LogP contribution >= 0.6 is 0 Å². The van der Waals surface area contributed by atoms with E-state index in [1.165, 1.54) is 6.92 Å². The molecule has 1 heterocycles. The summed E-state index contributed by atoms with van der Waals surface area (Å²) >= 11 is 0. The van der Waals surface area contributed by atoms with E-state index in [1.54, 1.807) is 0 Å². The van der Waals surface area contributed by atoms with Crippen molar-refractivity contribution in [1.82, 2.24) is 15.5 Å². The lowest BCUT2D eigenvalue weighted by atomic mass is 9.93. The van der Waals surface area contributed by atoms with E-state index in [0.29, 0.717) is 25.4 Å². The number of nitrogens with one attached hydrogen (secondary N) is 2. The Kier molecular flexibility index (Phi) is 5.97. The molecule has 0 aromatic heterocycles. The normalized spacial score (nSPS) is 17.8. The second-order valence-electron chi connectivity index (χ2n) is 4.78. The monoisotopic (exact) mass is 241 g/mol. The number of hydrogen-bond donors (Lipinski definition) is 2. The highest BCUT2D eigenvalue weighted by atomic mass is 16.2. The summed E-state index contributed by atoms with van der Waals surface area (Å²) < 4.78 is 0. The lowest BCUT2D eigenvalue weighted by Gasteiger charge is -2.28. The van der Waals surface area contributed by atoms with Crippen molar-refractivity contribution in [2.24, 2.45) is 5.92 Å². The predicted octanol–water partition coefficient (Wildman–Crippen LogP) is -0.0294. The van der Waals surface area contributed by atoms with Gasteiger partial charge in [0.2, 0.25) is 11.8 Å². The van der Waals surface area contributed by atoms with E-state index in [1.807, 2.05) is 0 Å². The van der Waals surface area contributed by atoms with Gasteiger partial charge in [-0.15, -0.1) is 0 Å². The fraction of sp³-hybridized carbons (Fsp3) is 0.833. The third-order valence-corrected chi connectivity index (χ3v) is 3.13. The Balaban J connectivity index is 2.06. The van der Waals surface area contributed by atoms with E-state index in [2.05, 4.69) is 22.6 Å². The van der Waals surface area contributed by atoms with Crippen LogP contribution < -0.4 is 10.6 Å². The van der Waals surface area contributed by atoms with Gasteiger partial charge in [-0.05, 0) is 38.9 Å². The smallest absolute Gasteiger partial charge is 0.220 e. The highest BCUT2D eigenvalue weighted by Crippen LogP contribution is 2.18. The van der Waals surface area contributed by atoms with E-state index in [9.17, 15) is 9.59 Å². The molecular weight excluding hydrogens is 218 g/mol. The zero-order valence-corrected chi connectivity index (χ0v) is 10.8. The molecule has 0 aromatic rings. The van der Waals surface area contributed by atoms with Crippen molar-refractivity contribution in [1.29, 1.82) is 0 Å². The van der Waals surface area contributed by atoms with E-state index < -0.39 is 0 Å². The maximum absolute atomic E-state index is 11.6. The highest BCUT2D eigenvalue weighted by Gasteiger charge is 2.19. The molecule has 2 N–H and O–H groups in total. The first-order valence-electron chi connectivity index (χ1n) is 6.27. The number of carbonyl (C=O) groups is 2. The molecule has 5 nitrogen and oxygen atoms in total. The summed E-state index contributed by atoms with van der Waals surface area (Å²) in [7, 11) is 2.11. The Hall–Kier alpha value is -1.10. The molecule has 0 radical (unpaired) electrons. The Labute approximate surface area is 103 Å². The number of rotatable bonds is 5. The van der Waals surface area contributed by atoms with Crippen molar-refractivity contribution in [2.75, 3.05) is 33.2 Å². The minimum atomic E-state index is -0.0606. The molecule has 0 aliphatic carbocycles. The van der Waals surface area contributed by atoms with Gasteiger partial charge in [0.15, 0.2) is 0 Å². The number of amides is 2. The van der Waals surface area contributed by atoms with Gasteiger partial charge in [0, 0.05) is 26.4 Å². The fourth-order valence-corrected chi connectivity index (χ4v) is 2.04. The first kappa shape index (κ1) is 14.0. The molecule has 0 atom stereocenters. The van der Waals surface area contributed by atoms with Gasteiger partial charge in [0.25, 0.3) is 0 Å². The Bertz CT molecular complexity index is 260. The summed E-state index contributed by atoms with van der Waals surface area (Å²) in [5.74, 6) is 0.562. The molecule has 0 bridgehead atoms. The van der Waals surface area contributed by atoms with Crippen molar-refractivity contribution in [3.8, 4) is 0 Å². The van der Waals surface area contributed by atoms with E-state index in [4.69, 9.17) is 0 Å².